The Kier molecular flexibility index (Phi) is 7.47. The van der Waals surface area contributed by atoms with Gasteiger partial charge in [0.2, 0.25) is 10.0 Å². The molecule has 0 spiro atoms. The van der Waals surface area contributed by atoms with E-state index in [0.717, 1.165) is 36.7 Å². The molecule has 0 saturated carbocycles. The molecule has 0 aromatic heterocycles. The van der Waals surface area contributed by atoms with Crippen LogP contribution in [0.2, 0.25) is 0 Å². The molecule has 1 heterocycles. The van der Waals surface area contributed by atoms with Gasteiger partial charge in [-0.25, -0.2) is 21.9 Å². The van der Waals surface area contributed by atoms with E-state index in [-0.39, 0.29) is 10.5 Å². The normalized spacial score (nSPS) is 14.3. The molecule has 172 valence electrons. The summed E-state index contributed by atoms with van der Waals surface area (Å²) in [5.74, 6) is -1.83. The van der Waals surface area contributed by atoms with Crippen LogP contribution >= 0.6 is 0 Å². The fraction of sp³-hybridized carbons (Fsp3) is 0.364. The molecule has 1 amide bonds. The molecule has 0 bridgehead atoms. The van der Waals surface area contributed by atoms with Crippen molar-refractivity contribution in [1.82, 2.24) is 4.31 Å². The highest BCUT2D eigenvalue weighted by molar-refractivity contribution is 7.89. The van der Waals surface area contributed by atoms with Gasteiger partial charge in [-0.15, -0.1) is 0 Å². The first kappa shape index (κ1) is 23.7. The minimum atomic E-state index is -3.76. The van der Waals surface area contributed by atoms with E-state index < -0.39 is 34.3 Å². The van der Waals surface area contributed by atoms with Gasteiger partial charge >= 0.3 is 5.97 Å². The minimum Gasteiger partial charge on any atom is -0.452 e. The molecule has 0 aliphatic carbocycles. The summed E-state index contributed by atoms with van der Waals surface area (Å²) < 4.78 is 44.4. The van der Waals surface area contributed by atoms with E-state index in [0.29, 0.717) is 11.4 Å². The molecule has 32 heavy (non-hydrogen) atoms. The van der Waals surface area contributed by atoms with Gasteiger partial charge in [-0.1, -0.05) is 0 Å². The largest absolute Gasteiger partial charge is 0.452 e. The molecule has 10 heteroatoms. The number of amides is 1. The van der Waals surface area contributed by atoms with Gasteiger partial charge in [0.15, 0.2) is 6.61 Å². The molecule has 3 rings (SSSR count). The maximum absolute atomic E-state index is 13.0. The summed E-state index contributed by atoms with van der Waals surface area (Å²) in [6.07, 6.45) is 3.02. The lowest BCUT2D eigenvalue weighted by Crippen LogP contribution is -2.31. The topological polar surface area (TPSA) is 96.0 Å². The third kappa shape index (κ3) is 5.63. The highest BCUT2D eigenvalue weighted by atomic mass is 32.2. The fourth-order valence-corrected chi connectivity index (χ4v) is 4.33. The average molecular weight is 464 g/mol. The summed E-state index contributed by atoms with van der Waals surface area (Å²) in [6, 6.07) is 9.54. The third-order valence-corrected chi connectivity index (χ3v) is 6.94. The maximum atomic E-state index is 13.0. The highest BCUT2D eigenvalue weighted by Crippen LogP contribution is 2.28. The van der Waals surface area contributed by atoms with Crippen LogP contribution in [-0.2, 0) is 19.6 Å². The Balaban J connectivity index is 1.80. The number of carbonyl (C=O) groups is 2. The summed E-state index contributed by atoms with van der Waals surface area (Å²) in [5, 5.41) is 2.51. The van der Waals surface area contributed by atoms with Gasteiger partial charge in [-0.2, -0.15) is 0 Å². The Morgan fingerprint density at radius 2 is 1.72 bits per heavy atom. The van der Waals surface area contributed by atoms with Crippen molar-refractivity contribution >= 4 is 33.3 Å². The van der Waals surface area contributed by atoms with Crippen molar-refractivity contribution in [3.8, 4) is 0 Å². The molecule has 1 fully saturated rings. The molecule has 2 aromatic carbocycles. The predicted octanol–water partition coefficient (Wildman–Crippen LogP) is 2.86. The molecule has 1 saturated heterocycles. The number of hydrogen-bond acceptors (Lipinski definition) is 6. The second-order valence-corrected chi connectivity index (χ2v) is 9.80. The van der Waals surface area contributed by atoms with E-state index in [1.54, 1.807) is 6.07 Å². The zero-order valence-corrected chi connectivity index (χ0v) is 18.8. The van der Waals surface area contributed by atoms with Gasteiger partial charge in [0.25, 0.3) is 5.91 Å². The smallest absolute Gasteiger partial charge is 0.340 e. The number of hydrogen-bond donors (Lipinski definition) is 1. The summed E-state index contributed by atoms with van der Waals surface area (Å²) in [7, 11) is -0.942. The third-order valence-electron chi connectivity index (χ3n) is 5.13. The van der Waals surface area contributed by atoms with E-state index in [1.165, 1.54) is 50.5 Å². The fourth-order valence-electron chi connectivity index (χ4n) is 3.40. The lowest BCUT2D eigenvalue weighted by Gasteiger charge is -2.30. The molecule has 1 aliphatic rings. The Bertz CT molecular complexity index is 1080. The number of piperidine rings is 1. The highest BCUT2D eigenvalue weighted by Gasteiger charge is 2.25. The van der Waals surface area contributed by atoms with Crippen LogP contribution in [0, 0.1) is 5.82 Å². The standard InChI is InChI=1S/C22H26FN3O5S/c1-25(2)32(29,30)18-10-11-20(26-12-4-3-5-13-26)19(14-18)22(28)31-15-21(27)24-17-8-6-16(23)7-9-17/h6-11,14H,3-5,12-13,15H2,1-2H3,(H,24,27). The first-order valence-electron chi connectivity index (χ1n) is 10.2. The molecular weight excluding hydrogens is 437 g/mol. The molecule has 8 nitrogen and oxygen atoms in total. The average Bonchev–Trinajstić information content (AvgIpc) is 2.79. The second-order valence-electron chi connectivity index (χ2n) is 7.65. The van der Waals surface area contributed by atoms with Crippen molar-refractivity contribution in [2.75, 3.05) is 44.0 Å². The number of rotatable bonds is 7. The van der Waals surface area contributed by atoms with E-state index >= 15 is 0 Å². The molecule has 2 aromatic rings. The van der Waals surface area contributed by atoms with Crippen molar-refractivity contribution in [3.63, 3.8) is 0 Å². The zero-order valence-electron chi connectivity index (χ0n) is 18.0. The number of nitrogens with one attached hydrogen (secondary N) is 1. The molecule has 0 unspecified atom stereocenters. The van der Waals surface area contributed by atoms with Crippen molar-refractivity contribution < 1.29 is 27.1 Å². The maximum Gasteiger partial charge on any atom is 0.340 e. The number of sulfonamides is 1. The van der Waals surface area contributed by atoms with Crippen LogP contribution in [0.3, 0.4) is 0 Å². The summed E-state index contributed by atoms with van der Waals surface area (Å²) >= 11 is 0. The van der Waals surface area contributed by atoms with E-state index in [2.05, 4.69) is 5.32 Å². The van der Waals surface area contributed by atoms with Crippen LogP contribution in [0.15, 0.2) is 47.4 Å². The first-order valence-corrected chi connectivity index (χ1v) is 11.7. The van der Waals surface area contributed by atoms with Gasteiger partial charge < -0.3 is 15.0 Å². The van der Waals surface area contributed by atoms with Crippen molar-refractivity contribution in [2.45, 2.75) is 24.2 Å². The monoisotopic (exact) mass is 463 g/mol. The number of carbonyl (C=O) groups excluding carboxylic acids is 2. The number of esters is 1. The van der Waals surface area contributed by atoms with E-state index in [9.17, 15) is 22.4 Å². The van der Waals surface area contributed by atoms with Crippen molar-refractivity contribution in [3.05, 3.63) is 53.8 Å². The number of anilines is 2. The second kappa shape index (κ2) is 10.1. The minimum absolute atomic E-state index is 0.0361. The molecule has 0 radical (unpaired) electrons. The van der Waals surface area contributed by atoms with Crippen LogP contribution < -0.4 is 10.2 Å². The summed E-state index contributed by atoms with van der Waals surface area (Å²) in [6.45, 7) is 0.913. The Labute approximate surface area is 187 Å². The van der Waals surface area contributed by atoms with Gasteiger partial charge in [-0.3, -0.25) is 4.79 Å². The molecular formula is C22H26FN3O5S. The van der Waals surface area contributed by atoms with Gasteiger partial charge in [0.1, 0.15) is 5.82 Å². The van der Waals surface area contributed by atoms with E-state index in [4.69, 9.17) is 4.74 Å². The Morgan fingerprint density at radius 1 is 1.06 bits per heavy atom. The quantitative estimate of drug-likeness (QED) is 0.635. The number of ether oxygens (including phenoxy) is 1. The Hall–Kier alpha value is -2.98. The number of halogens is 1. The van der Waals surface area contributed by atoms with Crippen LogP contribution in [0.1, 0.15) is 29.6 Å². The first-order chi connectivity index (χ1) is 15.2. The predicted molar refractivity (Wildman–Crippen MR) is 119 cm³/mol. The molecule has 0 atom stereocenters. The number of benzene rings is 2. The van der Waals surface area contributed by atoms with Gasteiger partial charge in [-0.05, 0) is 61.7 Å². The summed E-state index contributed by atoms with van der Waals surface area (Å²) in [4.78, 5) is 27.0. The zero-order chi connectivity index (χ0) is 23.3. The van der Waals surface area contributed by atoms with Gasteiger partial charge in [0.05, 0.1) is 16.1 Å². The lowest BCUT2D eigenvalue weighted by atomic mass is 10.1. The van der Waals surface area contributed by atoms with E-state index in [1.807, 2.05) is 4.90 Å². The van der Waals surface area contributed by atoms with Crippen LogP contribution in [0.4, 0.5) is 15.8 Å². The number of nitrogens with zero attached hydrogens (tertiary/aromatic N) is 2. The van der Waals surface area contributed by atoms with Crippen LogP contribution in [0.5, 0.6) is 0 Å². The van der Waals surface area contributed by atoms with Crippen LogP contribution in [0.25, 0.3) is 0 Å². The van der Waals surface area contributed by atoms with Crippen molar-refractivity contribution in [1.29, 1.82) is 0 Å². The summed E-state index contributed by atoms with van der Waals surface area (Å²) in [5.41, 5.74) is 1.02. The van der Waals surface area contributed by atoms with Gasteiger partial charge in [0, 0.05) is 32.9 Å². The SMILES string of the molecule is CN(C)S(=O)(=O)c1ccc(N2CCCCC2)c(C(=O)OCC(=O)Nc2ccc(F)cc2)c1. The lowest BCUT2D eigenvalue weighted by molar-refractivity contribution is -0.119. The van der Waals surface area contributed by atoms with Crippen LogP contribution in [-0.4, -0.2) is 58.4 Å². The molecule has 1 aliphatic heterocycles. The molecule has 1 N–H and O–H groups in total. The Morgan fingerprint density at radius 3 is 2.34 bits per heavy atom. The van der Waals surface area contributed by atoms with Crippen molar-refractivity contribution in [2.24, 2.45) is 0 Å².